The number of amides is 1. The summed E-state index contributed by atoms with van der Waals surface area (Å²) >= 11 is 0. The van der Waals surface area contributed by atoms with Gasteiger partial charge in [0, 0.05) is 26.2 Å². The van der Waals surface area contributed by atoms with Crippen molar-refractivity contribution in [2.24, 2.45) is 11.8 Å². The highest BCUT2D eigenvalue weighted by Gasteiger charge is 2.52. The van der Waals surface area contributed by atoms with Crippen molar-refractivity contribution in [1.82, 2.24) is 9.80 Å². The summed E-state index contributed by atoms with van der Waals surface area (Å²) < 4.78 is 22.7. The normalized spacial score (nSPS) is 29.1. The van der Waals surface area contributed by atoms with Crippen molar-refractivity contribution in [2.75, 3.05) is 53.6 Å². The molecule has 1 aromatic carbocycles. The third-order valence-electron chi connectivity index (χ3n) is 7.91. The van der Waals surface area contributed by atoms with Gasteiger partial charge in [0.05, 0.1) is 45.0 Å². The van der Waals surface area contributed by atoms with Gasteiger partial charge in [0.15, 0.2) is 23.0 Å². The number of nitrogens with zero attached hydrogens (tertiary/aromatic N) is 2. The van der Waals surface area contributed by atoms with Crippen molar-refractivity contribution in [2.45, 2.75) is 44.8 Å². The number of Topliss-reactive ketones (excluding diaryl/α,β-unsaturated/α-hetero) is 1. The van der Waals surface area contributed by atoms with Crippen molar-refractivity contribution in [3.8, 4) is 11.5 Å². The molecule has 0 spiro atoms. The van der Waals surface area contributed by atoms with E-state index in [1.54, 1.807) is 14.2 Å². The van der Waals surface area contributed by atoms with Gasteiger partial charge >= 0.3 is 0 Å². The number of carbonyl (C=O) groups is 2. The van der Waals surface area contributed by atoms with Crippen LogP contribution in [0.4, 0.5) is 0 Å². The molecule has 5 rings (SSSR count). The smallest absolute Gasteiger partial charge is 0.290 e. The lowest BCUT2D eigenvalue weighted by atomic mass is 9.74. The van der Waals surface area contributed by atoms with Gasteiger partial charge in [-0.05, 0) is 49.3 Å². The lowest BCUT2D eigenvalue weighted by Gasteiger charge is -2.37. The molecule has 190 valence electrons. The second-order valence-electron chi connectivity index (χ2n) is 10.1. The van der Waals surface area contributed by atoms with Crippen LogP contribution in [0.5, 0.6) is 11.5 Å². The molecule has 8 nitrogen and oxygen atoms in total. The van der Waals surface area contributed by atoms with Gasteiger partial charge in [-0.2, -0.15) is 0 Å². The van der Waals surface area contributed by atoms with Crippen molar-refractivity contribution in [3.05, 3.63) is 35.1 Å². The Balaban J connectivity index is 1.46. The van der Waals surface area contributed by atoms with E-state index in [1.807, 2.05) is 23.1 Å². The molecule has 4 aliphatic rings. The first-order chi connectivity index (χ1) is 17.0. The molecule has 4 atom stereocenters. The molecule has 1 aromatic rings. The molecule has 0 aromatic heterocycles. The molecule has 1 amide bonds. The predicted molar refractivity (Wildman–Crippen MR) is 129 cm³/mol. The molecule has 1 saturated heterocycles. The van der Waals surface area contributed by atoms with E-state index in [9.17, 15) is 9.59 Å². The average molecular weight is 485 g/mol. The van der Waals surface area contributed by atoms with Crippen LogP contribution >= 0.6 is 0 Å². The van der Waals surface area contributed by atoms with Gasteiger partial charge in [0.2, 0.25) is 0 Å². The van der Waals surface area contributed by atoms with E-state index in [2.05, 4.69) is 11.8 Å². The maximum Gasteiger partial charge on any atom is 0.290 e. The summed E-state index contributed by atoms with van der Waals surface area (Å²) in [5.41, 5.74) is 1.36. The second kappa shape index (κ2) is 10.2. The maximum atomic E-state index is 13.9. The zero-order valence-electron chi connectivity index (χ0n) is 21.0. The molecule has 3 heterocycles. The Bertz CT molecular complexity index is 1000. The van der Waals surface area contributed by atoms with Crippen LogP contribution in [0.25, 0.3) is 0 Å². The fourth-order valence-electron chi connectivity index (χ4n) is 6.01. The second-order valence-corrected chi connectivity index (χ2v) is 10.1. The van der Waals surface area contributed by atoms with Crippen LogP contribution in [0.1, 0.15) is 44.2 Å². The topological polar surface area (TPSA) is 77.5 Å². The van der Waals surface area contributed by atoms with E-state index < -0.39 is 6.04 Å². The first-order valence-electron chi connectivity index (χ1n) is 12.8. The van der Waals surface area contributed by atoms with Crippen LogP contribution in [0.15, 0.2) is 29.5 Å². The third-order valence-corrected chi connectivity index (χ3v) is 7.91. The van der Waals surface area contributed by atoms with E-state index in [1.165, 1.54) is 0 Å². The van der Waals surface area contributed by atoms with Crippen molar-refractivity contribution >= 4 is 11.7 Å². The van der Waals surface area contributed by atoms with E-state index in [-0.39, 0.29) is 29.5 Å². The molecule has 2 fully saturated rings. The number of hydrogen-bond donors (Lipinski definition) is 0. The first-order valence-corrected chi connectivity index (χ1v) is 12.8. The minimum absolute atomic E-state index is 0.0756. The highest BCUT2D eigenvalue weighted by molar-refractivity contribution is 6.11. The molecule has 0 radical (unpaired) electrons. The highest BCUT2D eigenvalue weighted by atomic mass is 16.5. The minimum atomic E-state index is -0.479. The van der Waals surface area contributed by atoms with Crippen LogP contribution in [-0.4, -0.2) is 81.2 Å². The number of ketones is 1. The van der Waals surface area contributed by atoms with Gasteiger partial charge in [-0.1, -0.05) is 13.0 Å². The zero-order valence-corrected chi connectivity index (χ0v) is 21.0. The summed E-state index contributed by atoms with van der Waals surface area (Å²) in [6.07, 6.45) is 3.27. The average Bonchev–Trinajstić information content (AvgIpc) is 3.16. The van der Waals surface area contributed by atoms with Gasteiger partial charge < -0.3 is 23.8 Å². The number of carbonyl (C=O) groups excluding carboxylic acids is 2. The van der Waals surface area contributed by atoms with Crippen molar-refractivity contribution < 1.29 is 28.5 Å². The van der Waals surface area contributed by atoms with E-state index in [4.69, 9.17) is 18.9 Å². The van der Waals surface area contributed by atoms with Gasteiger partial charge in [0.1, 0.15) is 6.10 Å². The Morgan fingerprint density at radius 1 is 1.03 bits per heavy atom. The molecule has 8 heteroatoms. The summed E-state index contributed by atoms with van der Waals surface area (Å²) in [5, 5.41) is 0. The van der Waals surface area contributed by atoms with Gasteiger partial charge in [-0.15, -0.1) is 0 Å². The first kappa shape index (κ1) is 24.1. The maximum absolute atomic E-state index is 13.9. The molecule has 1 aliphatic carbocycles. The fraction of sp³-hybridized carbons (Fsp3) is 0.630. The molecule has 4 unspecified atom stereocenters. The Labute approximate surface area is 207 Å². The van der Waals surface area contributed by atoms with Crippen LogP contribution in [0.2, 0.25) is 0 Å². The van der Waals surface area contributed by atoms with Crippen LogP contribution < -0.4 is 9.47 Å². The Morgan fingerprint density at radius 3 is 2.54 bits per heavy atom. The minimum Gasteiger partial charge on any atom is -0.493 e. The Kier molecular flexibility index (Phi) is 7.02. The van der Waals surface area contributed by atoms with E-state index >= 15 is 0 Å². The summed E-state index contributed by atoms with van der Waals surface area (Å²) in [6, 6.07) is 5.16. The number of ether oxygens (including phenoxy) is 4. The van der Waals surface area contributed by atoms with Crippen LogP contribution in [-0.2, 0) is 19.1 Å². The molecule has 35 heavy (non-hydrogen) atoms. The van der Waals surface area contributed by atoms with Gasteiger partial charge in [-0.3, -0.25) is 14.5 Å². The zero-order chi connectivity index (χ0) is 24.5. The number of methoxy groups -OCH3 is 2. The molecule has 1 saturated carbocycles. The Hall–Kier alpha value is -2.58. The fourth-order valence-corrected chi connectivity index (χ4v) is 6.01. The van der Waals surface area contributed by atoms with Gasteiger partial charge in [0.25, 0.3) is 5.91 Å². The lowest BCUT2D eigenvalue weighted by Crippen LogP contribution is -2.41. The van der Waals surface area contributed by atoms with Crippen molar-refractivity contribution in [3.63, 3.8) is 0 Å². The summed E-state index contributed by atoms with van der Waals surface area (Å²) in [5.74, 6) is 1.65. The number of hydrogen-bond acceptors (Lipinski definition) is 7. The van der Waals surface area contributed by atoms with Crippen LogP contribution in [0.3, 0.4) is 0 Å². The molecular weight excluding hydrogens is 448 g/mol. The predicted octanol–water partition coefficient (Wildman–Crippen LogP) is 2.97. The number of morpholine rings is 1. The summed E-state index contributed by atoms with van der Waals surface area (Å²) in [6.45, 7) is 6.93. The largest absolute Gasteiger partial charge is 0.493 e. The molecule has 3 aliphatic heterocycles. The quantitative estimate of drug-likeness (QED) is 0.589. The standard InChI is InChI=1S/C27H36N2O6/c1-17-5-7-20-19(15-17)25(30)23-24(18-6-8-21(32-2)22(16-18)33-3)29(27(31)26(23)35-20)10-4-9-28-11-13-34-14-12-28/h6,8,16-17,19-20,24H,4-5,7,9-15H2,1-3H3. The lowest BCUT2D eigenvalue weighted by molar-refractivity contribution is -0.136. The van der Waals surface area contributed by atoms with Gasteiger partial charge in [-0.25, -0.2) is 0 Å². The molecular formula is C27H36N2O6. The number of rotatable bonds is 7. The number of benzene rings is 1. The van der Waals surface area contributed by atoms with Crippen molar-refractivity contribution in [1.29, 1.82) is 0 Å². The SMILES string of the molecule is COc1ccc(C2C3=C(OC4CCC(C)CC4C3=O)C(=O)N2CCCN2CCOCC2)cc1OC. The summed E-state index contributed by atoms with van der Waals surface area (Å²) in [4.78, 5) is 31.7. The summed E-state index contributed by atoms with van der Waals surface area (Å²) in [7, 11) is 3.19. The Morgan fingerprint density at radius 2 is 1.80 bits per heavy atom. The molecule has 0 N–H and O–H groups in total. The highest BCUT2D eigenvalue weighted by Crippen LogP contribution is 2.48. The van der Waals surface area contributed by atoms with E-state index in [0.29, 0.717) is 29.5 Å². The number of fused-ring (bicyclic) bond motifs is 1. The third kappa shape index (κ3) is 4.54. The van der Waals surface area contributed by atoms with E-state index in [0.717, 1.165) is 64.1 Å². The monoisotopic (exact) mass is 484 g/mol. The molecule has 0 bridgehead atoms. The van der Waals surface area contributed by atoms with Crippen LogP contribution in [0, 0.1) is 11.8 Å².